The molecule has 0 fully saturated rings. The van der Waals surface area contributed by atoms with Crippen molar-refractivity contribution >= 4 is 21.6 Å². The second kappa shape index (κ2) is 6.48. The number of benzene rings is 1. The van der Waals surface area contributed by atoms with Crippen LogP contribution in [0, 0.1) is 0 Å². The fourth-order valence-corrected chi connectivity index (χ4v) is 2.15. The summed E-state index contributed by atoms with van der Waals surface area (Å²) in [7, 11) is -2.03. The van der Waals surface area contributed by atoms with E-state index in [0.29, 0.717) is 12.8 Å². The number of anilines is 1. The molecule has 7 heteroatoms. The summed E-state index contributed by atoms with van der Waals surface area (Å²) in [6.45, 7) is 0.726. The van der Waals surface area contributed by atoms with Crippen LogP contribution in [0.3, 0.4) is 0 Å². The van der Waals surface area contributed by atoms with Crippen molar-refractivity contribution in [2.75, 3.05) is 18.9 Å². The molecule has 0 aromatic heterocycles. The molecule has 1 aromatic rings. The van der Waals surface area contributed by atoms with Crippen molar-refractivity contribution in [2.24, 2.45) is 5.14 Å². The average Bonchev–Trinajstić information content (AvgIpc) is 2.28. The first-order valence-electron chi connectivity index (χ1n) is 5.51. The topological polar surface area (TPSA) is 101 Å². The van der Waals surface area contributed by atoms with Gasteiger partial charge in [0.2, 0.25) is 15.9 Å². The molecule has 1 aromatic carbocycles. The van der Waals surface area contributed by atoms with Gasteiger partial charge in [0, 0.05) is 6.42 Å². The van der Waals surface area contributed by atoms with Crippen LogP contribution < -0.4 is 15.8 Å². The SMILES string of the molecule is CNCCCC(=O)Nc1ccccc1S(N)(=O)=O. The predicted molar refractivity (Wildman–Crippen MR) is 69.6 cm³/mol. The number of nitrogens with one attached hydrogen (secondary N) is 2. The van der Waals surface area contributed by atoms with Gasteiger partial charge in [-0.05, 0) is 32.1 Å². The summed E-state index contributed by atoms with van der Waals surface area (Å²) >= 11 is 0. The highest BCUT2D eigenvalue weighted by molar-refractivity contribution is 7.89. The molecule has 0 unspecified atom stereocenters. The van der Waals surface area contributed by atoms with E-state index in [1.807, 2.05) is 0 Å². The number of sulfonamides is 1. The van der Waals surface area contributed by atoms with E-state index in [4.69, 9.17) is 5.14 Å². The normalized spacial score (nSPS) is 11.2. The quantitative estimate of drug-likeness (QED) is 0.646. The van der Waals surface area contributed by atoms with Crippen molar-refractivity contribution in [1.82, 2.24) is 5.32 Å². The molecule has 1 rings (SSSR count). The molecule has 6 nitrogen and oxygen atoms in total. The fourth-order valence-electron chi connectivity index (χ4n) is 1.46. The number of carbonyl (C=O) groups is 1. The monoisotopic (exact) mass is 271 g/mol. The summed E-state index contributed by atoms with van der Waals surface area (Å²) in [6, 6.07) is 6.06. The second-order valence-electron chi connectivity index (χ2n) is 3.80. The molecule has 0 bridgehead atoms. The number of carbonyl (C=O) groups excluding carboxylic acids is 1. The minimum absolute atomic E-state index is 0.0769. The van der Waals surface area contributed by atoms with Gasteiger partial charge in [-0.15, -0.1) is 0 Å². The molecule has 0 spiro atoms. The Labute approximate surface area is 107 Å². The van der Waals surface area contributed by atoms with Gasteiger partial charge in [0.25, 0.3) is 0 Å². The Morgan fingerprint density at radius 3 is 2.61 bits per heavy atom. The Morgan fingerprint density at radius 1 is 1.33 bits per heavy atom. The molecular weight excluding hydrogens is 254 g/mol. The first kappa shape index (κ1) is 14.6. The summed E-state index contributed by atoms with van der Waals surface area (Å²) in [6.07, 6.45) is 1.000. The number of rotatable bonds is 6. The molecule has 100 valence electrons. The van der Waals surface area contributed by atoms with E-state index in [0.717, 1.165) is 6.54 Å². The lowest BCUT2D eigenvalue weighted by atomic mass is 10.2. The third-order valence-corrected chi connectivity index (χ3v) is 3.27. The van der Waals surface area contributed by atoms with Crippen molar-refractivity contribution < 1.29 is 13.2 Å². The van der Waals surface area contributed by atoms with Crippen LogP contribution in [-0.4, -0.2) is 27.9 Å². The number of nitrogens with two attached hydrogens (primary N) is 1. The Kier molecular flexibility index (Phi) is 5.26. The molecule has 1 amide bonds. The zero-order valence-corrected chi connectivity index (χ0v) is 11.0. The van der Waals surface area contributed by atoms with Crippen molar-refractivity contribution in [3.63, 3.8) is 0 Å². The average molecular weight is 271 g/mol. The van der Waals surface area contributed by atoms with E-state index in [-0.39, 0.29) is 16.5 Å². The van der Waals surface area contributed by atoms with Crippen LogP contribution >= 0.6 is 0 Å². The summed E-state index contributed by atoms with van der Waals surface area (Å²) in [5, 5.41) is 10.5. The van der Waals surface area contributed by atoms with Crippen LogP contribution in [0.25, 0.3) is 0 Å². The van der Waals surface area contributed by atoms with Gasteiger partial charge in [-0.2, -0.15) is 0 Å². The van der Waals surface area contributed by atoms with Crippen molar-refractivity contribution in [3.05, 3.63) is 24.3 Å². The summed E-state index contributed by atoms with van der Waals surface area (Å²) in [5.74, 6) is -0.235. The zero-order valence-electron chi connectivity index (χ0n) is 10.1. The summed E-state index contributed by atoms with van der Waals surface area (Å²) in [4.78, 5) is 11.5. The lowest BCUT2D eigenvalue weighted by Crippen LogP contribution is -2.19. The molecule has 0 aliphatic heterocycles. The van der Waals surface area contributed by atoms with E-state index >= 15 is 0 Å². The molecule has 0 radical (unpaired) electrons. The van der Waals surface area contributed by atoms with E-state index in [1.165, 1.54) is 12.1 Å². The van der Waals surface area contributed by atoms with Gasteiger partial charge in [0.1, 0.15) is 4.90 Å². The van der Waals surface area contributed by atoms with Gasteiger partial charge in [0.15, 0.2) is 0 Å². The van der Waals surface area contributed by atoms with Crippen LogP contribution in [0.4, 0.5) is 5.69 Å². The number of primary sulfonamides is 1. The van der Waals surface area contributed by atoms with Crippen LogP contribution in [0.2, 0.25) is 0 Å². The van der Waals surface area contributed by atoms with Crippen molar-refractivity contribution in [1.29, 1.82) is 0 Å². The minimum atomic E-state index is -3.83. The van der Waals surface area contributed by atoms with Gasteiger partial charge in [-0.1, -0.05) is 12.1 Å². The standard InChI is InChI=1S/C11H17N3O3S/c1-13-8-4-7-11(15)14-9-5-2-3-6-10(9)18(12,16)17/h2-3,5-6,13H,4,7-8H2,1H3,(H,14,15)(H2,12,16,17). The van der Waals surface area contributed by atoms with E-state index in [2.05, 4.69) is 10.6 Å². The maximum atomic E-state index is 11.6. The number of para-hydroxylation sites is 1. The number of hydrogen-bond acceptors (Lipinski definition) is 4. The maximum Gasteiger partial charge on any atom is 0.240 e. The molecule has 0 heterocycles. The van der Waals surface area contributed by atoms with E-state index < -0.39 is 10.0 Å². The molecule has 0 saturated carbocycles. The summed E-state index contributed by atoms with van der Waals surface area (Å²) in [5.41, 5.74) is 0.217. The van der Waals surface area contributed by atoms with Gasteiger partial charge in [0.05, 0.1) is 5.69 Å². The third kappa shape index (κ3) is 4.44. The highest BCUT2D eigenvalue weighted by atomic mass is 32.2. The Hall–Kier alpha value is -1.44. The van der Waals surface area contributed by atoms with Gasteiger partial charge in [-0.25, -0.2) is 13.6 Å². The van der Waals surface area contributed by atoms with Crippen LogP contribution in [0.1, 0.15) is 12.8 Å². The molecule has 0 saturated heterocycles. The maximum absolute atomic E-state index is 11.6. The predicted octanol–water partition coefficient (Wildman–Crippen LogP) is 0.272. The first-order chi connectivity index (χ1) is 8.45. The van der Waals surface area contributed by atoms with E-state index in [1.54, 1.807) is 19.2 Å². The molecular formula is C11H17N3O3S. The van der Waals surface area contributed by atoms with Crippen LogP contribution in [0.5, 0.6) is 0 Å². The lowest BCUT2D eigenvalue weighted by molar-refractivity contribution is -0.116. The Balaban J connectivity index is 2.76. The van der Waals surface area contributed by atoms with Crippen LogP contribution in [0.15, 0.2) is 29.2 Å². The minimum Gasteiger partial charge on any atom is -0.325 e. The van der Waals surface area contributed by atoms with Crippen molar-refractivity contribution in [2.45, 2.75) is 17.7 Å². The van der Waals surface area contributed by atoms with Gasteiger partial charge < -0.3 is 10.6 Å². The fraction of sp³-hybridized carbons (Fsp3) is 0.364. The Bertz CT molecular complexity index is 514. The second-order valence-corrected chi connectivity index (χ2v) is 5.33. The molecule has 0 aliphatic carbocycles. The zero-order chi connectivity index (χ0) is 13.6. The highest BCUT2D eigenvalue weighted by Crippen LogP contribution is 2.19. The molecule has 0 aliphatic rings. The third-order valence-electron chi connectivity index (χ3n) is 2.30. The lowest BCUT2D eigenvalue weighted by Gasteiger charge is -2.09. The van der Waals surface area contributed by atoms with Gasteiger partial charge in [-0.3, -0.25) is 4.79 Å². The largest absolute Gasteiger partial charge is 0.325 e. The molecule has 4 N–H and O–H groups in total. The first-order valence-corrected chi connectivity index (χ1v) is 7.06. The Morgan fingerprint density at radius 2 is 2.00 bits per heavy atom. The van der Waals surface area contributed by atoms with E-state index in [9.17, 15) is 13.2 Å². The molecule has 18 heavy (non-hydrogen) atoms. The van der Waals surface area contributed by atoms with Gasteiger partial charge >= 0.3 is 0 Å². The number of amides is 1. The van der Waals surface area contributed by atoms with Crippen molar-refractivity contribution in [3.8, 4) is 0 Å². The smallest absolute Gasteiger partial charge is 0.240 e. The molecule has 0 atom stereocenters. The van der Waals surface area contributed by atoms with Crippen LogP contribution in [-0.2, 0) is 14.8 Å². The number of hydrogen-bond donors (Lipinski definition) is 3. The highest BCUT2D eigenvalue weighted by Gasteiger charge is 2.14. The summed E-state index contributed by atoms with van der Waals surface area (Å²) < 4.78 is 22.6.